The van der Waals surface area contributed by atoms with E-state index in [-0.39, 0.29) is 25.8 Å². The first kappa shape index (κ1) is 19.2. The normalized spacial score (nSPS) is 8.79. The summed E-state index contributed by atoms with van der Waals surface area (Å²) >= 11 is 0. The molecular formula is C18H12IrN3O2-. The molecule has 0 atom stereocenters. The van der Waals surface area contributed by atoms with Crippen molar-refractivity contribution in [3.63, 3.8) is 0 Å². The molecule has 0 amide bonds. The van der Waals surface area contributed by atoms with Crippen molar-refractivity contribution in [2.45, 2.75) is 0 Å². The van der Waals surface area contributed by atoms with Gasteiger partial charge >= 0.3 is 5.97 Å². The number of carboxylic acids is 1. The molecule has 3 aromatic rings. The predicted molar refractivity (Wildman–Crippen MR) is 84.4 cm³/mol. The number of hydrogen-bond donors (Lipinski definition) is 1. The van der Waals surface area contributed by atoms with Crippen LogP contribution in [0, 0.1) is 17.4 Å². The van der Waals surface area contributed by atoms with E-state index in [4.69, 9.17) is 10.4 Å². The Morgan fingerprint density at radius 1 is 1.04 bits per heavy atom. The monoisotopic (exact) mass is 495 g/mol. The van der Waals surface area contributed by atoms with Gasteiger partial charge in [-0.15, -0.1) is 29.8 Å². The Balaban J connectivity index is 0.000000252. The molecule has 5 nitrogen and oxygen atoms in total. The van der Waals surface area contributed by atoms with Crippen molar-refractivity contribution in [3.05, 3.63) is 84.3 Å². The maximum absolute atomic E-state index is 10.1. The molecule has 0 aliphatic carbocycles. The van der Waals surface area contributed by atoms with Gasteiger partial charge in [-0.1, -0.05) is 18.2 Å². The van der Waals surface area contributed by atoms with Crippen molar-refractivity contribution in [1.29, 1.82) is 5.26 Å². The summed E-state index contributed by atoms with van der Waals surface area (Å²) in [6.07, 6.45) is 3.19. The van der Waals surface area contributed by atoms with E-state index in [2.05, 4.69) is 22.1 Å². The predicted octanol–water partition coefficient (Wildman–Crippen LogP) is 3.20. The van der Waals surface area contributed by atoms with Gasteiger partial charge in [0, 0.05) is 38.6 Å². The number of aromatic carboxylic acids is 1. The summed E-state index contributed by atoms with van der Waals surface area (Å²) in [7, 11) is 0. The van der Waals surface area contributed by atoms with Gasteiger partial charge in [0.1, 0.15) is 5.69 Å². The molecule has 121 valence electrons. The number of aromatic nitrogens is 2. The van der Waals surface area contributed by atoms with Crippen LogP contribution in [0.25, 0.3) is 11.3 Å². The molecule has 2 heterocycles. The quantitative estimate of drug-likeness (QED) is 0.553. The summed E-state index contributed by atoms with van der Waals surface area (Å²) in [4.78, 5) is 17.9. The molecule has 3 rings (SSSR count). The number of rotatable bonds is 2. The van der Waals surface area contributed by atoms with E-state index < -0.39 is 5.97 Å². The Kier molecular flexibility index (Phi) is 8.00. The van der Waals surface area contributed by atoms with Gasteiger partial charge < -0.3 is 10.1 Å². The number of hydrogen-bond acceptors (Lipinski definition) is 4. The van der Waals surface area contributed by atoms with E-state index in [1.807, 2.05) is 24.3 Å². The zero-order valence-electron chi connectivity index (χ0n) is 12.4. The second kappa shape index (κ2) is 10.0. The summed E-state index contributed by atoms with van der Waals surface area (Å²) in [6.45, 7) is 0. The molecule has 0 saturated heterocycles. The first-order valence-electron chi connectivity index (χ1n) is 6.68. The van der Waals surface area contributed by atoms with E-state index in [1.54, 1.807) is 30.5 Å². The van der Waals surface area contributed by atoms with Crippen LogP contribution in [-0.2, 0) is 20.1 Å². The Labute approximate surface area is 153 Å². The third-order valence-corrected chi connectivity index (χ3v) is 2.77. The molecule has 0 spiro atoms. The van der Waals surface area contributed by atoms with Crippen molar-refractivity contribution < 1.29 is 30.0 Å². The molecule has 0 aliphatic rings. The third-order valence-electron chi connectivity index (χ3n) is 2.77. The fraction of sp³-hybridized carbons (Fsp3) is 0. The molecule has 1 radical (unpaired) electrons. The third kappa shape index (κ3) is 5.73. The average molecular weight is 495 g/mol. The number of nitriles is 1. The van der Waals surface area contributed by atoms with Crippen molar-refractivity contribution in [2.24, 2.45) is 0 Å². The van der Waals surface area contributed by atoms with Crippen LogP contribution >= 0.6 is 0 Å². The standard InChI is InChI=1S/C12H7N2.C6H5NO2.Ir/c13-9-10-4-6-11(7-5-10)12-3-1-2-8-14-12;8-6(9)5-3-1-2-4-7-5;/h1-6,8H;1-4H,(H,8,9);/q-1;;. The maximum atomic E-state index is 10.1. The maximum Gasteiger partial charge on any atom is 0.354 e. The van der Waals surface area contributed by atoms with E-state index in [1.165, 1.54) is 12.3 Å². The molecular weight excluding hydrogens is 482 g/mol. The van der Waals surface area contributed by atoms with Crippen molar-refractivity contribution >= 4 is 5.97 Å². The number of benzene rings is 1. The zero-order chi connectivity index (χ0) is 16.5. The molecule has 0 saturated carbocycles. The number of pyridine rings is 2. The molecule has 0 aliphatic heterocycles. The number of carboxylic acid groups (broad SMARTS) is 1. The second-order valence-corrected chi connectivity index (χ2v) is 4.34. The minimum Gasteiger partial charge on any atom is -0.477 e. The molecule has 6 heteroatoms. The van der Waals surface area contributed by atoms with Crippen LogP contribution in [0.15, 0.2) is 67.0 Å². The number of nitrogens with zero attached hydrogens (tertiary/aromatic N) is 3. The van der Waals surface area contributed by atoms with Crippen molar-refractivity contribution in [1.82, 2.24) is 9.97 Å². The molecule has 1 aromatic carbocycles. The molecule has 1 N–H and O–H groups in total. The van der Waals surface area contributed by atoms with Crippen LogP contribution in [-0.4, -0.2) is 21.0 Å². The summed E-state index contributed by atoms with van der Waals surface area (Å²) in [5, 5.41) is 16.9. The summed E-state index contributed by atoms with van der Waals surface area (Å²) in [6, 6.07) is 20.8. The summed E-state index contributed by atoms with van der Waals surface area (Å²) in [5.74, 6) is -0.990. The van der Waals surface area contributed by atoms with Gasteiger partial charge in [-0.25, -0.2) is 15.0 Å². The van der Waals surface area contributed by atoms with E-state index in [9.17, 15) is 4.79 Å². The molecule has 2 aromatic heterocycles. The van der Waals surface area contributed by atoms with Crippen LogP contribution in [0.5, 0.6) is 0 Å². The fourth-order valence-electron chi connectivity index (χ4n) is 1.67. The van der Waals surface area contributed by atoms with Crippen LogP contribution in [0.1, 0.15) is 16.1 Å². The van der Waals surface area contributed by atoms with Crippen LogP contribution in [0.3, 0.4) is 0 Å². The number of carbonyl (C=O) groups is 1. The SMILES string of the molecule is N#Cc1c[c-]c(-c2ccccn2)cc1.O=C(O)c1ccccn1.[Ir]. The second-order valence-electron chi connectivity index (χ2n) is 4.34. The first-order chi connectivity index (χ1) is 11.2. The van der Waals surface area contributed by atoms with Gasteiger partial charge in [-0.3, -0.25) is 0 Å². The van der Waals surface area contributed by atoms with Gasteiger partial charge in [-0.05, 0) is 29.5 Å². The first-order valence-corrected chi connectivity index (χ1v) is 6.68. The smallest absolute Gasteiger partial charge is 0.354 e. The van der Waals surface area contributed by atoms with Crippen LogP contribution < -0.4 is 0 Å². The van der Waals surface area contributed by atoms with Crippen molar-refractivity contribution in [2.75, 3.05) is 0 Å². The van der Waals surface area contributed by atoms with E-state index in [0.717, 1.165) is 11.3 Å². The van der Waals surface area contributed by atoms with Gasteiger partial charge in [0.05, 0.1) is 0 Å². The molecule has 0 unspecified atom stereocenters. The minimum atomic E-state index is -0.990. The topological polar surface area (TPSA) is 86.9 Å². The Bertz CT molecular complexity index is 801. The minimum absolute atomic E-state index is 0. The zero-order valence-corrected chi connectivity index (χ0v) is 14.8. The van der Waals surface area contributed by atoms with E-state index >= 15 is 0 Å². The van der Waals surface area contributed by atoms with Gasteiger partial charge in [0.25, 0.3) is 0 Å². The summed E-state index contributed by atoms with van der Waals surface area (Å²) in [5.41, 5.74) is 2.48. The Morgan fingerprint density at radius 2 is 1.75 bits per heavy atom. The molecule has 0 bridgehead atoms. The van der Waals surface area contributed by atoms with Crippen LogP contribution in [0.2, 0.25) is 0 Å². The Hall–Kier alpha value is -2.87. The van der Waals surface area contributed by atoms with E-state index in [0.29, 0.717) is 5.56 Å². The largest absolute Gasteiger partial charge is 0.477 e. The van der Waals surface area contributed by atoms with Gasteiger partial charge in [-0.2, -0.15) is 0 Å². The van der Waals surface area contributed by atoms with Crippen LogP contribution in [0.4, 0.5) is 0 Å². The van der Waals surface area contributed by atoms with Crippen molar-refractivity contribution in [3.8, 4) is 17.3 Å². The Morgan fingerprint density at radius 3 is 2.17 bits per heavy atom. The molecule has 24 heavy (non-hydrogen) atoms. The molecule has 0 fully saturated rings. The summed E-state index contributed by atoms with van der Waals surface area (Å²) < 4.78 is 0. The van der Waals surface area contributed by atoms with Gasteiger partial charge in [0.2, 0.25) is 0 Å². The van der Waals surface area contributed by atoms with Gasteiger partial charge in [0.15, 0.2) is 0 Å². The fourth-order valence-corrected chi connectivity index (χ4v) is 1.67. The average Bonchev–Trinajstić information content (AvgIpc) is 2.64.